The third-order valence-electron chi connectivity index (χ3n) is 5.19. The van der Waals surface area contributed by atoms with Gasteiger partial charge in [-0.2, -0.15) is 0 Å². The van der Waals surface area contributed by atoms with Crippen molar-refractivity contribution in [1.82, 2.24) is 4.98 Å². The first-order valence-electron chi connectivity index (χ1n) is 9.25. The van der Waals surface area contributed by atoms with Crippen LogP contribution in [0.2, 0.25) is 19.4 Å². The van der Waals surface area contributed by atoms with Crippen LogP contribution in [-0.2, 0) is 26.8 Å². The van der Waals surface area contributed by atoms with Gasteiger partial charge in [-0.15, -0.1) is 0 Å². The molecular weight excluding hydrogens is 555 g/mol. The molecule has 1 N–H and O–H groups in total. The summed E-state index contributed by atoms with van der Waals surface area (Å²) >= 11 is 25.5. The number of amides is 1. The largest absolute Gasteiger partial charge is 0.307 e. The normalized spacial score (nSPS) is 15.1. The maximum atomic E-state index is 14.9. The van der Waals surface area contributed by atoms with Crippen molar-refractivity contribution in [2.45, 2.75) is 30.7 Å². The number of aromatic nitrogens is 1. The molecule has 0 spiro atoms. The van der Waals surface area contributed by atoms with Crippen LogP contribution in [0.15, 0.2) is 35.4 Å². The second-order valence-corrected chi connectivity index (χ2v) is 12.2. The van der Waals surface area contributed by atoms with Crippen LogP contribution in [0.3, 0.4) is 0 Å². The number of nitrogens with zero attached hydrogens (tertiary/aromatic N) is 2. The van der Waals surface area contributed by atoms with Crippen LogP contribution in [0.4, 0.5) is 15.2 Å². The molecule has 0 radical (unpaired) electrons. The van der Waals surface area contributed by atoms with Crippen LogP contribution in [0.25, 0.3) is 0 Å². The van der Waals surface area contributed by atoms with Crippen LogP contribution in [0, 0.1) is 5.82 Å². The highest BCUT2D eigenvalue weighted by molar-refractivity contribution is 7.93. The van der Waals surface area contributed by atoms with Crippen LogP contribution >= 0.6 is 57.7 Å². The quantitative estimate of drug-likeness (QED) is 0.380. The third kappa shape index (κ3) is 4.31. The number of sulfonamides is 1. The van der Waals surface area contributed by atoms with E-state index in [0.29, 0.717) is 16.3 Å². The minimum atomic E-state index is -4.32. The van der Waals surface area contributed by atoms with Crippen molar-refractivity contribution >= 4 is 84.5 Å². The van der Waals surface area contributed by atoms with Gasteiger partial charge in [-0.25, -0.2) is 17.8 Å². The number of halogens is 5. The molecule has 2 heterocycles. The Hall–Kier alpha value is -1.62. The van der Waals surface area contributed by atoms with Gasteiger partial charge in [-0.05, 0) is 43.7 Å². The Balaban J connectivity index is 1.69. The Morgan fingerprint density at radius 3 is 2.48 bits per heavy atom. The standard InChI is InChI=1S/C20H14Cl4FN3O3S2/c1-20(2)16-13(4-3-10(21)17(16)24)28(18(20)29)8-9-5-12(25)14(6-11(9)22)33(30,31)27-19-26-7-15(23)32-19/h3-7H,8H2,1-2H3,(H,26,27). The van der Waals surface area contributed by atoms with Gasteiger partial charge in [0.25, 0.3) is 10.0 Å². The topological polar surface area (TPSA) is 79.4 Å². The third-order valence-corrected chi connectivity index (χ3v) is 8.86. The number of hydrogen-bond acceptors (Lipinski definition) is 5. The summed E-state index contributed by atoms with van der Waals surface area (Å²) in [6, 6.07) is 5.20. The highest BCUT2D eigenvalue weighted by atomic mass is 35.5. The first-order valence-corrected chi connectivity index (χ1v) is 13.1. The van der Waals surface area contributed by atoms with E-state index in [-0.39, 0.29) is 37.5 Å². The molecule has 1 aromatic heterocycles. The lowest BCUT2D eigenvalue weighted by atomic mass is 9.86. The van der Waals surface area contributed by atoms with E-state index in [1.165, 1.54) is 11.1 Å². The van der Waals surface area contributed by atoms with Gasteiger partial charge in [0.2, 0.25) is 5.91 Å². The zero-order valence-corrected chi connectivity index (χ0v) is 21.6. The number of rotatable bonds is 5. The van der Waals surface area contributed by atoms with Gasteiger partial charge in [0.15, 0.2) is 5.13 Å². The molecule has 13 heteroatoms. The fourth-order valence-corrected chi connectivity index (χ4v) is 6.59. The molecule has 0 saturated carbocycles. The summed E-state index contributed by atoms with van der Waals surface area (Å²) in [5.41, 5.74) is 0.331. The van der Waals surface area contributed by atoms with Gasteiger partial charge in [-0.1, -0.05) is 57.7 Å². The van der Waals surface area contributed by atoms with E-state index in [9.17, 15) is 17.6 Å². The summed E-state index contributed by atoms with van der Waals surface area (Å²) in [5, 5.41) is 0.526. The molecule has 174 valence electrons. The predicted octanol–water partition coefficient (Wildman–Crippen LogP) is 6.52. The molecule has 2 aromatic carbocycles. The van der Waals surface area contributed by atoms with E-state index >= 15 is 0 Å². The molecule has 0 bridgehead atoms. The van der Waals surface area contributed by atoms with E-state index in [4.69, 9.17) is 46.4 Å². The SMILES string of the molecule is CC1(C)C(=O)N(Cc2cc(F)c(S(=O)(=O)Nc3ncc(Cl)s3)cc2Cl)c2ccc(Cl)c(Cl)c21. The lowest BCUT2D eigenvalue weighted by Gasteiger charge is -2.21. The Labute approximate surface area is 213 Å². The zero-order chi connectivity index (χ0) is 24.3. The molecular formula is C20H14Cl4FN3O3S2. The molecule has 1 amide bonds. The summed E-state index contributed by atoms with van der Waals surface area (Å²) in [7, 11) is -4.32. The van der Waals surface area contributed by atoms with Crippen molar-refractivity contribution in [2.24, 2.45) is 0 Å². The van der Waals surface area contributed by atoms with Crippen molar-refractivity contribution in [2.75, 3.05) is 9.62 Å². The van der Waals surface area contributed by atoms with E-state index in [1.54, 1.807) is 26.0 Å². The average molecular weight is 569 g/mol. The van der Waals surface area contributed by atoms with Gasteiger partial charge >= 0.3 is 0 Å². The van der Waals surface area contributed by atoms with Crippen molar-refractivity contribution in [3.05, 3.63) is 66.8 Å². The predicted molar refractivity (Wildman–Crippen MR) is 130 cm³/mol. The maximum Gasteiger partial charge on any atom is 0.266 e. The van der Waals surface area contributed by atoms with Crippen LogP contribution in [0.1, 0.15) is 25.0 Å². The van der Waals surface area contributed by atoms with Gasteiger partial charge in [0, 0.05) is 16.3 Å². The number of nitrogens with one attached hydrogen (secondary N) is 1. The number of thiazole rings is 1. The fraction of sp³-hybridized carbons (Fsp3) is 0.200. The average Bonchev–Trinajstić information content (AvgIpc) is 3.20. The zero-order valence-electron chi connectivity index (χ0n) is 16.9. The van der Waals surface area contributed by atoms with Gasteiger partial charge in [0.05, 0.1) is 28.2 Å². The van der Waals surface area contributed by atoms with Crippen molar-refractivity contribution in [1.29, 1.82) is 0 Å². The van der Waals surface area contributed by atoms with Crippen LogP contribution in [0.5, 0.6) is 0 Å². The number of fused-ring (bicyclic) bond motifs is 1. The first kappa shape index (κ1) is 24.5. The molecule has 0 saturated heterocycles. The minimum absolute atomic E-state index is 0.0170. The number of carbonyl (C=O) groups excluding carboxylic acids is 1. The number of benzene rings is 2. The van der Waals surface area contributed by atoms with E-state index in [1.807, 2.05) is 0 Å². The van der Waals surface area contributed by atoms with Crippen molar-refractivity contribution < 1.29 is 17.6 Å². The number of hydrogen-bond donors (Lipinski definition) is 1. The summed E-state index contributed by atoms with van der Waals surface area (Å²) in [6.45, 7) is 3.33. The Morgan fingerprint density at radius 2 is 1.85 bits per heavy atom. The lowest BCUT2D eigenvalue weighted by Crippen LogP contribution is -2.36. The van der Waals surface area contributed by atoms with Crippen LogP contribution < -0.4 is 9.62 Å². The molecule has 0 fully saturated rings. The molecule has 0 aliphatic carbocycles. The highest BCUT2D eigenvalue weighted by Crippen LogP contribution is 2.48. The summed E-state index contributed by atoms with van der Waals surface area (Å²) in [4.78, 5) is 17.7. The lowest BCUT2D eigenvalue weighted by molar-refractivity contribution is -0.122. The molecule has 4 rings (SSSR count). The Kier molecular flexibility index (Phi) is 6.35. The first-order chi connectivity index (χ1) is 15.3. The summed E-state index contributed by atoms with van der Waals surface area (Å²) in [5.74, 6) is -1.32. The summed E-state index contributed by atoms with van der Waals surface area (Å²) < 4.78 is 42.6. The molecule has 0 unspecified atom stereocenters. The molecule has 33 heavy (non-hydrogen) atoms. The Morgan fingerprint density at radius 1 is 1.15 bits per heavy atom. The number of carbonyl (C=O) groups is 1. The fourth-order valence-electron chi connectivity index (χ4n) is 3.61. The van der Waals surface area contributed by atoms with Gasteiger partial charge in [0.1, 0.15) is 15.0 Å². The Bertz CT molecular complexity index is 1410. The van der Waals surface area contributed by atoms with Gasteiger partial charge < -0.3 is 4.90 Å². The highest BCUT2D eigenvalue weighted by Gasteiger charge is 2.46. The van der Waals surface area contributed by atoms with E-state index < -0.39 is 26.2 Å². The minimum Gasteiger partial charge on any atom is -0.307 e. The van der Waals surface area contributed by atoms with E-state index in [2.05, 4.69) is 9.71 Å². The summed E-state index contributed by atoms with van der Waals surface area (Å²) in [6.07, 6.45) is 1.27. The molecule has 1 aliphatic rings. The maximum absolute atomic E-state index is 14.9. The molecule has 1 aliphatic heterocycles. The molecule has 0 atom stereocenters. The number of anilines is 2. The van der Waals surface area contributed by atoms with Gasteiger partial charge in [-0.3, -0.25) is 9.52 Å². The second-order valence-electron chi connectivity index (χ2n) is 7.72. The van der Waals surface area contributed by atoms with Crippen LogP contribution in [-0.4, -0.2) is 19.3 Å². The monoisotopic (exact) mass is 567 g/mol. The molecule has 6 nitrogen and oxygen atoms in total. The smallest absolute Gasteiger partial charge is 0.266 e. The molecule has 3 aromatic rings. The second kappa shape index (κ2) is 8.55. The van der Waals surface area contributed by atoms with E-state index in [0.717, 1.165) is 23.5 Å². The van der Waals surface area contributed by atoms with Crippen molar-refractivity contribution in [3.63, 3.8) is 0 Å². The van der Waals surface area contributed by atoms with Crippen molar-refractivity contribution in [3.8, 4) is 0 Å².